The van der Waals surface area contributed by atoms with Crippen LogP contribution in [0.3, 0.4) is 0 Å². The Morgan fingerprint density at radius 1 is 1.09 bits per heavy atom. The molecule has 5 nitrogen and oxygen atoms in total. The number of benzene rings is 2. The highest BCUT2D eigenvalue weighted by molar-refractivity contribution is 8.18. The largest absolute Gasteiger partial charge is 0.383 e. The van der Waals surface area contributed by atoms with Crippen LogP contribution in [0.25, 0.3) is 0 Å². The van der Waals surface area contributed by atoms with E-state index in [1.54, 1.807) is 12.0 Å². The Balaban J connectivity index is 1.78. The zero-order valence-corrected chi connectivity index (χ0v) is 21.4. The molecule has 0 fully saturated rings. The van der Waals surface area contributed by atoms with Crippen LogP contribution in [0.5, 0.6) is 0 Å². The van der Waals surface area contributed by atoms with Gasteiger partial charge in [-0.15, -0.1) is 0 Å². The number of hydrogen-bond acceptors (Lipinski definition) is 5. The van der Waals surface area contributed by atoms with Crippen molar-refractivity contribution in [3.05, 3.63) is 80.3 Å². The van der Waals surface area contributed by atoms with Crippen LogP contribution in [0.15, 0.2) is 64.1 Å². The highest BCUT2D eigenvalue weighted by Gasteiger charge is 2.47. The highest BCUT2D eigenvalue weighted by atomic mass is 35.5. The molecule has 2 aliphatic heterocycles. The number of hydrogen-bond donors (Lipinski definition) is 0. The molecular formula is C25H27Cl2N3O2S. The van der Waals surface area contributed by atoms with Crippen molar-refractivity contribution in [2.75, 3.05) is 27.3 Å². The SMILES string of the molecule is COCCN(C)C(=O)C1=C(C(C)C)N2C(=N[C@@H](c3ccc(Cl)cc3)[C@H]2c2ccc(Cl)cc2)S1. The molecule has 0 unspecified atom stereocenters. The zero-order valence-electron chi connectivity index (χ0n) is 19.1. The molecule has 0 aliphatic carbocycles. The Labute approximate surface area is 209 Å². The topological polar surface area (TPSA) is 45.1 Å². The van der Waals surface area contributed by atoms with Crippen molar-refractivity contribution >= 4 is 46.0 Å². The normalized spacial score (nSPS) is 19.8. The number of rotatable bonds is 7. The van der Waals surface area contributed by atoms with Crippen LogP contribution in [0, 0.1) is 5.92 Å². The summed E-state index contributed by atoms with van der Waals surface area (Å²) in [5.74, 6) is 0.134. The van der Waals surface area contributed by atoms with Crippen LogP contribution in [0.1, 0.15) is 37.1 Å². The Kier molecular flexibility index (Phi) is 7.39. The summed E-state index contributed by atoms with van der Waals surface area (Å²) in [6.45, 7) is 5.27. The lowest BCUT2D eigenvalue weighted by Gasteiger charge is -2.31. The van der Waals surface area contributed by atoms with E-state index in [1.807, 2.05) is 55.6 Å². The van der Waals surface area contributed by atoms with E-state index in [2.05, 4.69) is 18.7 Å². The summed E-state index contributed by atoms with van der Waals surface area (Å²) < 4.78 is 5.16. The van der Waals surface area contributed by atoms with Crippen molar-refractivity contribution in [2.24, 2.45) is 10.9 Å². The lowest BCUT2D eigenvalue weighted by atomic mass is 9.92. The lowest BCUT2D eigenvalue weighted by molar-refractivity contribution is -0.125. The van der Waals surface area contributed by atoms with Gasteiger partial charge in [-0.2, -0.15) is 0 Å². The molecule has 0 radical (unpaired) electrons. The molecule has 2 aromatic carbocycles. The first-order chi connectivity index (χ1) is 15.8. The second kappa shape index (κ2) is 10.1. The van der Waals surface area contributed by atoms with Gasteiger partial charge in [0.05, 0.1) is 12.6 Å². The zero-order chi connectivity index (χ0) is 23.7. The van der Waals surface area contributed by atoms with Crippen LogP contribution < -0.4 is 0 Å². The number of nitrogens with zero attached hydrogens (tertiary/aromatic N) is 3. The first kappa shape index (κ1) is 24.1. The fraction of sp³-hybridized carbons (Fsp3) is 0.360. The molecule has 33 heavy (non-hydrogen) atoms. The minimum absolute atomic E-state index is 0.00394. The average Bonchev–Trinajstić information content (AvgIpc) is 3.34. The number of amidine groups is 1. The van der Waals surface area contributed by atoms with E-state index in [1.165, 1.54) is 11.8 Å². The third-order valence-corrected chi connectivity index (χ3v) is 7.44. The molecule has 2 aliphatic rings. The smallest absolute Gasteiger partial charge is 0.262 e. The lowest BCUT2D eigenvalue weighted by Crippen LogP contribution is -2.32. The number of ether oxygens (including phenoxy) is 1. The number of thioether (sulfide) groups is 1. The van der Waals surface area contributed by atoms with Crippen LogP contribution in [-0.2, 0) is 9.53 Å². The van der Waals surface area contributed by atoms with E-state index in [9.17, 15) is 4.79 Å². The molecule has 0 saturated heterocycles. The predicted octanol–water partition coefficient (Wildman–Crippen LogP) is 6.17. The molecule has 1 amide bonds. The van der Waals surface area contributed by atoms with E-state index in [4.69, 9.17) is 32.9 Å². The molecule has 8 heteroatoms. The molecule has 2 aromatic rings. The highest BCUT2D eigenvalue weighted by Crippen LogP contribution is 2.53. The second-order valence-electron chi connectivity index (χ2n) is 8.47. The van der Waals surface area contributed by atoms with Gasteiger partial charge in [-0.05, 0) is 53.1 Å². The summed E-state index contributed by atoms with van der Waals surface area (Å²) in [6.07, 6.45) is 0. The number of amides is 1. The second-order valence-corrected chi connectivity index (χ2v) is 10.3. The van der Waals surface area contributed by atoms with E-state index in [-0.39, 0.29) is 23.9 Å². The van der Waals surface area contributed by atoms with Gasteiger partial charge in [-0.1, -0.05) is 61.3 Å². The maximum atomic E-state index is 13.4. The average molecular weight is 504 g/mol. The number of likely N-dealkylation sites (N-methyl/N-ethyl adjacent to an activating group) is 1. The number of methoxy groups -OCH3 is 1. The minimum atomic E-state index is -0.123. The van der Waals surface area contributed by atoms with Crippen molar-refractivity contribution in [3.63, 3.8) is 0 Å². The standard InChI is InChI=1S/C25H27Cl2N3O2S/c1-15(2)21-23(24(31)29(3)13-14-32-4)33-25-28-20(16-5-9-18(26)10-6-16)22(30(21)25)17-7-11-19(27)12-8-17/h5-12,15,20,22H,13-14H2,1-4H3/t20-,22+/m0/s1. The first-order valence-corrected chi connectivity index (χ1v) is 12.4. The van der Waals surface area contributed by atoms with Crippen molar-refractivity contribution in [2.45, 2.75) is 25.9 Å². The summed E-state index contributed by atoms with van der Waals surface area (Å²) in [4.78, 5) is 23.2. The van der Waals surface area contributed by atoms with Gasteiger partial charge in [0.15, 0.2) is 5.17 Å². The number of halogens is 2. The summed E-state index contributed by atoms with van der Waals surface area (Å²) >= 11 is 13.8. The molecule has 2 heterocycles. The van der Waals surface area contributed by atoms with Crippen molar-refractivity contribution in [1.29, 1.82) is 0 Å². The summed E-state index contributed by atoms with van der Waals surface area (Å²) in [7, 11) is 3.45. The Morgan fingerprint density at radius 3 is 2.21 bits per heavy atom. The van der Waals surface area contributed by atoms with Crippen molar-refractivity contribution in [3.8, 4) is 0 Å². The first-order valence-electron chi connectivity index (χ1n) is 10.9. The van der Waals surface area contributed by atoms with Crippen LogP contribution >= 0.6 is 35.0 Å². The summed E-state index contributed by atoms with van der Waals surface area (Å²) in [6, 6.07) is 15.5. The number of fused-ring (bicyclic) bond motifs is 1. The molecule has 0 aromatic heterocycles. The number of carbonyl (C=O) groups is 1. The van der Waals surface area contributed by atoms with E-state index >= 15 is 0 Å². The predicted molar refractivity (Wildman–Crippen MR) is 137 cm³/mol. The van der Waals surface area contributed by atoms with Gasteiger partial charge in [0.1, 0.15) is 10.9 Å². The van der Waals surface area contributed by atoms with E-state index in [0.29, 0.717) is 23.2 Å². The maximum Gasteiger partial charge on any atom is 0.262 e. The third-order valence-electron chi connectivity index (χ3n) is 5.86. The summed E-state index contributed by atoms with van der Waals surface area (Å²) in [5.41, 5.74) is 3.18. The molecule has 0 bridgehead atoms. The molecular weight excluding hydrogens is 477 g/mol. The monoisotopic (exact) mass is 503 g/mol. The molecule has 0 saturated carbocycles. The van der Waals surface area contributed by atoms with Crippen LogP contribution in [0.2, 0.25) is 10.0 Å². The minimum Gasteiger partial charge on any atom is -0.383 e. The number of allylic oxidation sites excluding steroid dienone is 1. The van der Waals surface area contributed by atoms with Crippen LogP contribution in [-0.4, -0.2) is 48.2 Å². The summed E-state index contributed by atoms with van der Waals surface area (Å²) in [5, 5.41) is 2.23. The third kappa shape index (κ3) is 4.80. The fourth-order valence-electron chi connectivity index (χ4n) is 4.20. The quantitative estimate of drug-likeness (QED) is 0.453. The van der Waals surface area contributed by atoms with Crippen LogP contribution in [0.4, 0.5) is 0 Å². The van der Waals surface area contributed by atoms with Crippen molar-refractivity contribution < 1.29 is 9.53 Å². The van der Waals surface area contributed by atoms with Gasteiger partial charge in [0.25, 0.3) is 5.91 Å². The van der Waals surface area contributed by atoms with Gasteiger partial charge in [-0.3, -0.25) is 9.79 Å². The Morgan fingerprint density at radius 2 is 1.67 bits per heavy atom. The Bertz CT molecular complexity index is 1080. The van der Waals surface area contributed by atoms with Gasteiger partial charge in [-0.25, -0.2) is 0 Å². The number of carbonyl (C=O) groups excluding carboxylic acids is 1. The maximum absolute atomic E-state index is 13.4. The molecule has 0 N–H and O–H groups in total. The molecule has 0 spiro atoms. The van der Waals surface area contributed by atoms with Crippen molar-refractivity contribution in [1.82, 2.24) is 9.80 Å². The fourth-order valence-corrected chi connectivity index (χ4v) is 5.79. The van der Waals surface area contributed by atoms with E-state index in [0.717, 1.165) is 26.9 Å². The van der Waals surface area contributed by atoms with Gasteiger partial charge in [0.2, 0.25) is 0 Å². The van der Waals surface area contributed by atoms with Gasteiger partial charge >= 0.3 is 0 Å². The molecule has 2 atom stereocenters. The van der Waals surface area contributed by atoms with Gasteiger partial charge in [0, 0.05) is 36.4 Å². The van der Waals surface area contributed by atoms with E-state index < -0.39 is 0 Å². The van der Waals surface area contributed by atoms with Gasteiger partial charge < -0.3 is 14.5 Å². The Hall–Kier alpha value is -1.99. The molecule has 4 rings (SSSR count). The number of aliphatic imine (C=N–C) groups is 1. The molecule has 174 valence electrons.